The predicted molar refractivity (Wildman–Crippen MR) is 78.0 cm³/mol. The number of imidazole rings is 1. The van der Waals surface area contributed by atoms with Gasteiger partial charge in [0.05, 0.1) is 0 Å². The van der Waals surface area contributed by atoms with Crippen molar-refractivity contribution in [1.29, 1.82) is 0 Å². The van der Waals surface area contributed by atoms with Crippen LogP contribution in [0.3, 0.4) is 0 Å². The van der Waals surface area contributed by atoms with Crippen LogP contribution in [0.1, 0.15) is 26.2 Å². The normalized spacial score (nSPS) is 17.5. The molecular formula is C11H17N5O2S2. The average molecular weight is 315 g/mol. The largest absolute Gasteiger partial charge is 0.306 e. The van der Waals surface area contributed by atoms with Gasteiger partial charge in [-0.3, -0.25) is 4.40 Å². The summed E-state index contributed by atoms with van der Waals surface area (Å²) >= 11 is 1.36. The molecule has 1 aliphatic carbocycles. The Balaban J connectivity index is 1.92. The van der Waals surface area contributed by atoms with Gasteiger partial charge in [0.25, 0.3) is 10.0 Å². The summed E-state index contributed by atoms with van der Waals surface area (Å²) in [5.74, 6) is 6.21. The van der Waals surface area contributed by atoms with E-state index in [1.807, 2.05) is 6.92 Å². The van der Waals surface area contributed by atoms with Gasteiger partial charge in [0.2, 0.25) is 5.03 Å². The number of fused-ring (bicyclic) bond motifs is 1. The van der Waals surface area contributed by atoms with Gasteiger partial charge < -0.3 is 5.43 Å². The van der Waals surface area contributed by atoms with Gasteiger partial charge in [-0.15, -0.1) is 11.3 Å². The molecule has 7 nitrogen and oxygen atoms in total. The molecule has 0 radical (unpaired) electrons. The van der Waals surface area contributed by atoms with Crippen LogP contribution in [0, 0.1) is 5.92 Å². The zero-order valence-corrected chi connectivity index (χ0v) is 12.7. The number of thiazole rings is 1. The van der Waals surface area contributed by atoms with Crippen molar-refractivity contribution in [3.63, 3.8) is 0 Å². The first-order valence-corrected chi connectivity index (χ1v) is 8.82. The molecule has 110 valence electrons. The zero-order chi connectivity index (χ0) is 14.3. The number of hydrogen-bond donors (Lipinski definition) is 3. The van der Waals surface area contributed by atoms with Crippen LogP contribution in [0.4, 0.5) is 5.82 Å². The number of nitrogens with one attached hydrogen (secondary N) is 2. The standard InChI is InChI=1S/C11H17N5O2S2/c1-7(6-8-2-3-8)15-20(17,18)10-9(14-12)13-11-16(10)4-5-19-11/h4-5,7-8,14-15H,2-3,6,12H2,1H3. The predicted octanol–water partition coefficient (Wildman–Crippen LogP) is 1.15. The van der Waals surface area contributed by atoms with Crippen molar-refractivity contribution >= 4 is 32.1 Å². The van der Waals surface area contributed by atoms with Crippen LogP contribution >= 0.6 is 11.3 Å². The fourth-order valence-corrected chi connectivity index (χ4v) is 4.61. The van der Waals surface area contributed by atoms with Crippen LogP contribution in [-0.4, -0.2) is 23.8 Å². The molecule has 3 rings (SSSR count). The highest BCUT2D eigenvalue weighted by molar-refractivity contribution is 7.89. The third-order valence-electron chi connectivity index (χ3n) is 3.35. The lowest BCUT2D eigenvalue weighted by molar-refractivity contribution is 0.527. The molecule has 0 amide bonds. The minimum atomic E-state index is -3.66. The molecule has 2 aromatic rings. The molecule has 1 unspecified atom stereocenters. The Morgan fingerprint density at radius 1 is 1.60 bits per heavy atom. The minimum absolute atomic E-state index is 0.0684. The van der Waals surface area contributed by atoms with E-state index in [1.54, 1.807) is 11.6 Å². The van der Waals surface area contributed by atoms with E-state index < -0.39 is 10.0 Å². The Morgan fingerprint density at radius 3 is 3.00 bits per heavy atom. The summed E-state index contributed by atoms with van der Waals surface area (Å²) in [4.78, 5) is 4.76. The van der Waals surface area contributed by atoms with E-state index in [0.717, 1.165) is 6.42 Å². The number of nitrogens with zero attached hydrogens (tertiary/aromatic N) is 2. The van der Waals surface area contributed by atoms with E-state index in [9.17, 15) is 8.42 Å². The highest BCUT2D eigenvalue weighted by Crippen LogP contribution is 2.34. The number of nitrogens with two attached hydrogens (primary N) is 1. The third kappa shape index (κ3) is 2.53. The van der Waals surface area contributed by atoms with Crippen molar-refractivity contribution in [2.75, 3.05) is 5.43 Å². The number of hydrogen-bond acceptors (Lipinski definition) is 6. The van der Waals surface area contributed by atoms with Gasteiger partial charge in [-0.25, -0.2) is 19.0 Å². The van der Waals surface area contributed by atoms with Crippen LogP contribution in [0.15, 0.2) is 16.6 Å². The van der Waals surface area contributed by atoms with Crippen LogP contribution in [0.5, 0.6) is 0 Å². The summed E-state index contributed by atoms with van der Waals surface area (Å²) in [5.41, 5.74) is 2.36. The van der Waals surface area contributed by atoms with Crippen molar-refractivity contribution < 1.29 is 8.42 Å². The van der Waals surface area contributed by atoms with Gasteiger partial charge in [-0.05, 0) is 19.3 Å². The number of nitrogen functional groups attached to an aromatic ring is 1. The maximum atomic E-state index is 12.5. The first-order chi connectivity index (χ1) is 9.51. The smallest absolute Gasteiger partial charge is 0.260 e. The van der Waals surface area contributed by atoms with E-state index in [1.165, 1.54) is 28.6 Å². The molecule has 1 fully saturated rings. The van der Waals surface area contributed by atoms with Gasteiger partial charge in [-0.1, -0.05) is 12.8 Å². The number of aromatic nitrogens is 2. The molecule has 0 aliphatic heterocycles. The molecule has 0 saturated heterocycles. The fourth-order valence-electron chi connectivity index (χ4n) is 2.34. The van der Waals surface area contributed by atoms with Crippen molar-refractivity contribution in [1.82, 2.24) is 14.1 Å². The third-order valence-corrected chi connectivity index (χ3v) is 5.72. The van der Waals surface area contributed by atoms with Gasteiger partial charge in [0, 0.05) is 17.6 Å². The summed E-state index contributed by atoms with van der Waals surface area (Å²) in [7, 11) is -3.66. The summed E-state index contributed by atoms with van der Waals surface area (Å²) in [6, 6.07) is -0.0951. The molecular weight excluding hydrogens is 298 g/mol. The van der Waals surface area contributed by atoms with Crippen molar-refractivity contribution in [2.24, 2.45) is 11.8 Å². The fraction of sp³-hybridized carbons (Fsp3) is 0.545. The second kappa shape index (κ2) is 4.99. The minimum Gasteiger partial charge on any atom is -0.306 e. The maximum absolute atomic E-state index is 12.5. The molecule has 1 atom stereocenters. The highest BCUT2D eigenvalue weighted by Gasteiger charge is 2.30. The van der Waals surface area contributed by atoms with Crippen molar-refractivity contribution in [2.45, 2.75) is 37.3 Å². The molecule has 20 heavy (non-hydrogen) atoms. The summed E-state index contributed by atoms with van der Waals surface area (Å²) < 4.78 is 29.3. The summed E-state index contributed by atoms with van der Waals surface area (Å²) in [6.45, 7) is 1.89. The van der Waals surface area contributed by atoms with Crippen molar-refractivity contribution in [3.05, 3.63) is 11.6 Å². The molecule has 1 saturated carbocycles. The number of hydrazine groups is 1. The van der Waals surface area contributed by atoms with Gasteiger partial charge >= 0.3 is 0 Å². The van der Waals surface area contributed by atoms with Gasteiger partial charge in [-0.2, -0.15) is 4.98 Å². The molecule has 0 spiro atoms. The lowest BCUT2D eigenvalue weighted by Gasteiger charge is -2.14. The van der Waals surface area contributed by atoms with Crippen LogP contribution in [0.2, 0.25) is 0 Å². The summed E-state index contributed by atoms with van der Waals surface area (Å²) in [5, 5.41) is 1.86. The monoisotopic (exact) mass is 315 g/mol. The van der Waals surface area contributed by atoms with E-state index in [0.29, 0.717) is 10.9 Å². The SMILES string of the molecule is CC(CC1CC1)NS(=O)(=O)c1c(NN)nc2sccn12. The zero-order valence-electron chi connectivity index (χ0n) is 11.0. The first kappa shape index (κ1) is 13.8. The number of rotatable bonds is 6. The number of sulfonamides is 1. The molecule has 2 heterocycles. The first-order valence-electron chi connectivity index (χ1n) is 6.46. The Hall–Kier alpha value is -1.16. The lowest BCUT2D eigenvalue weighted by Crippen LogP contribution is -2.34. The Kier molecular flexibility index (Phi) is 3.44. The van der Waals surface area contributed by atoms with Gasteiger partial charge in [0.1, 0.15) is 0 Å². The molecule has 0 bridgehead atoms. The Bertz CT molecular complexity index is 716. The van der Waals surface area contributed by atoms with Gasteiger partial charge in [0.15, 0.2) is 10.8 Å². The second-order valence-corrected chi connectivity index (χ2v) is 7.67. The maximum Gasteiger partial charge on any atom is 0.260 e. The molecule has 9 heteroatoms. The molecule has 0 aromatic carbocycles. The molecule has 4 N–H and O–H groups in total. The highest BCUT2D eigenvalue weighted by atomic mass is 32.2. The van der Waals surface area contributed by atoms with Crippen LogP contribution in [-0.2, 0) is 10.0 Å². The van der Waals surface area contributed by atoms with Crippen molar-refractivity contribution in [3.8, 4) is 0 Å². The summed E-state index contributed by atoms with van der Waals surface area (Å²) in [6.07, 6.45) is 4.94. The van der Waals surface area contributed by atoms with Crippen LogP contribution in [0.25, 0.3) is 4.96 Å². The Labute approximate surface area is 121 Å². The van der Waals surface area contributed by atoms with Crippen LogP contribution < -0.4 is 16.0 Å². The quantitative estimate of drug-likeness (QED) is 0.548. The number of anilines is 1. The second-order valence-electron chi connectivity index (χ2n) is 5.17. The van der Waals surface area contributed by atoms with E-state index in [2.05, 4.69) is 15.1 Å². The van der Waals surface area contributed by atoms with E-state index in [-0.39, 0.29) is 16.9 Å². The Morgan fingerprint density at radius 2 is 2.35 bits per heavy atom. The topological polar surface area (TPSA) is 102 Å². The van der Waals surface area contributed by atoms with E-state index >= 15 is 0 Å². The average Bonchev–Trinajstić information content (AvgIpc) is 2.92. The van der Waals surface area contributed by atoms with E-state index in [4.69, 9.17) is 5.84 Å². The molecule has 2 aromatic heterocycles. The molecule has 1 aliphatic rings. The lowest BCUT2D eigenvalue weighted by atomic mass is 10.2.